The molecule has 0 radical (unpaired) electrons. The van der Waals surface area contributed by atoms with Crippen LogP contribution in [0.15, 0.2) is 42.5 Å². The molecule has 2 aliphatic heterocycles. The zero-order chi connectivity index (χ0) is 18.3. The summed E-state index contributed by atoms with van der Waals surface area (Å²) in [5.41, 5.74) is 1.69. The molecule has 4 rings (SSSR count). The quantitative estimate of drug-likeness (QED) is 0.770. The van der Waals surface area contributed by atoms with Crippen LogP contribution < -0.4 is 14.8 Å². The standard InChI is InChI=1S/C20H21ClN2O2S/c1-3-24-17-6-4-5-15-16-11-20(2,25-18(15)17)23(19(26)22-16)12-13-7-9-14(21)10-8-13/h4-10,16H,3,11-12H2,1-2H3,(H,22,26)/t16-,20-/m1/s1. The minimum Gasteiger partial charge on any atom is -0.490 e. The van der Waals surface area contributed by atoms with E-state index in [1.165, 1.54) is 0 Å². The third kappa shape index (κ3) is 2.99. The minimum atomic E-state index is -0.535. The van der Waals surface area contributed by atoms with Gasteiger partial charge >= 0.3 is 0 Å². The Morgan fingerprint density at radius 1 is 1.31 bits per heavy atom. The van der Waals surface area contributed by atoms with E-state index in [-0.39, 0.29) is 6.04 Å². The zero-order valence-electron chi connectivity index (χ0n) is 14.8. The topological polar surface area (TPSA) is 33.7 Å². The molecule has 2 aromatic carbocycles. The van der Waals surface area contributed by atoms with E-state index in [0.717, 1.165) is 34.1 Å². The van der Waals surface area contributed by atoms with Crippen molar-refractivity contribution >= 4 is 28.9 Å². The second-order valence-corrected chi connectivity index (χ2v) is 7.63. The summed E-state index contributed by atoms with van der Waals surface area (Å²) in [5, 5.41) is 4.90. The highest BCUT2D eigenvalue weighted by molar-refractivity contribution is 7.80. The summed E-state index contributed by atoms with van der Waals surface area (Å²) in [7, 11) is 0. The summed E-state index contributed by atoms with van der Waals surface area (Å²) in [6.45, 7) is 5.32. The van der Waals surface area contributed by atoms with Crippen molar-refractivity contribution in [2.45, 2.75) is 38.6 Å². The van der Waals surface area contributed by atoms with Crippen molar-refractivity contribution in [2.75, 3.05) is 6.61 Å². The van der Waals surface area contributed by atoms with E-state index in [0.29, 0.717) is 18.3 Å². The SMILES string of the molecule is CCOc1cccc2c1O[C@]1(C)C[C@H]2NC(=S)N1Cc1ccc(Cl)cc1. The highest BCUT2D eigenvalue weighted by Gasteiger charge is 2.48. The molecule has 0 unspecified atom stereocenters. The van der Waals surface area contributed by atoms with Crippen molar-refractivity contribution in [1.29, 1.82) is 0 Å². The second-order valence-electron chi connectivity index (χ2n) is 6.80. The van der Waals surface area contributed by atoms with Gasteiger partial charge in [-0.2, -0.15) is 0 Å². The molecule has 0 amide bonds. The Kier molecular flexibility index (Phi) is 4.45. The van der Waals surface area contributed by atoms with Crippen LogP contribution in [0.2, 0.25) is 5.02 Å². The van der Waals surface area contributed by atoms with E-state index in [4.69, 9.17) is 33.3 Å². The molecule has 6 heteroatoms. The summed E-state index contributed by atoms with van der Waals surface area (Å²) in [6, 6.07) is 14.0. The van der Waals surface area contributed by atoms with Gasteiger partial charge in [-0.25, -0.2) is 0 Å². The molecule has 0 spiro atoms. The maximum atomic E-state index is 6.50. The van der Waals surface area contributed by atoms with Gasteiger partial charge < -0.3 is 19.7 Å². The molecule has 2 atom stereocenters. The molecular weight excluding hydrogens is 368 g/mol. The van der Waals surface area contributed by atoms with Crippen LogP contribution >= 0.6 is 23.8 Å². The van der Waals surface area contributed by atoms with E-state index in [1.807, 2.05) is 43.3 Å². The zero-order valence-corrected chi connectivity index (χ0v) is 16.4. The fraction of sp³-hybridized carbons (Fsp3) is 0.350. The summed E-state index contributed by atoms with van der Waals surface area (Å²) >= 11 is 11.7. The Morgan fingerprint density at radius 2 is 2.08 bits per heavy atom. The number of benzene rings is 2. The number of fused-ring (bicyclic) bond motifs is 4. The molecule has 0 aromatic heterocycles. The van der Waals surface area contributed by atoms with Crippen LogP contribution in [-0.4, -0.2) is 22.3 Å². The first-order chi connectivity index (χ1) is 12.5. The van der Waals surface area contributed by atoms with Crippen molar-refractivity contribution in [3.8, 4) is 11.5 Å². The molecule has 136 valence electrons. The molecular formula is C20H21ClN2O2S. The first kappa shape index (κ1) is 17.4. The fourth-order valence-electron chi connectivity index (χ4n) is 3.68. The predicted octanol–water partition coefficient (Wildman–Crippen LogP) is 4.67. The monoisotopic (exact) mass is 388 g/mol. The Hall–Kier alpha value is -1.98. The summed E-state index contributed by atoms with van der Waals surface area (Å²) in [4.78, 5) is 2.10. The van der Waals surface area contributed by atoms with Crippen LogP contribution in [0, 0.1) is 0 Å². The van der Waals surface area contributed by atoms with Crippen molar-refractivity contribution in [2.24, 2.45) is 0 Å². The lowest BCUT2D eigenvalue weighted by molar-refractivity contribution is -0.0738. The summed E-state index contributed by atoms with van der Waals surface area (Å²) < 4.78 is 12.3. The number of rotatable bonds is 4. The van der Waals surface area contributed by atoms with Gasteiger partial charge in [0.25, 0.3) is 0 Å². The van der Waals surface area contributed by atoms with Gasteiger partial charge in [0.05, 0.1) is 12.6 Å². The largest absolute Gasteiger partial charge is 0.490 e. The van der Waals surface area contributed by atoms with Crippen LogP contribution in [0.3, 0.4) is 0 Å². The average Bonchev–Trinajstić information content (AvgIpc) is 2.61. The number of ether oxygens (including phenoxy) is 2. The first-order valence-corrected chi connectivity index (χ1v) is 9.56. The average molecular weight is 389 g/mol. The Morgan fingerprint density at radius 3 is 2.81 bits per heavy atom. The van der Waals surface area contributed by atoms with Crippen LogP contribution in [0.4, 0.5) is 0 Å². The molecule has 2 heterocycles. The van der Waals surface area contributed by atoms with E-state index < -0.39 is 5.72 Å². The number of hydrogen-bond donors (Lipinski definition) is 1. The van der Waals surface area contributed by atoms with E-state index >= 15 is 0 Å². The van der Waals surface area contributed by atoms with Gasteiger partial charge in [0.2, 0.25) is 0 Å². The molecule has 0 saturated carbocycles. The molecule has 2 bridgehead atoms. The normalized spacial score (nSPS) is 23.7. The number of para-hydroxylation sites is 1. The second kappa shape index (κ2) is 6.63. The van der Waals surface area contributed by atoms with Gasteiger partial charge in [0.15, 0.2) is 22.3 Å². The van der Waals surface area contributed by atoms with Crippen molar-refractivity contribution < 1.29 is 9.47 Å². The molecule has 4 nitrogen and oxygen atoms in total. The van der Waals surface area contributed by atoms with E-state index in [2.05, 4.69) is 23.2 Å². The Bertz CT molecular complexity index is 842. The van der Waals surface area contributed by atoms with Gasteiger partial charge in [-0.15, -0.1) is 0 Å². The highest BCUT2D eigenvalue weighted by Crippen LogP contribution is 2.48. The van der Waals surface area contributed by atoms with Crippen molar-refractivity contribution in [3.63, 3.8) is 0 Å². The number of halogens is 1. The van der Waals surface area contributed by atoms with Crippen molar-refractivity contribution in [1.82, 2.24) is 10.2 Å². The minimum absolute atomic E-state index is 0.123. The molecule has 2 aromatic rings. The number of hydrogen-bond acceptors (Lipinski definition) is 3. The highest BCUT2D eigenvalue weighted by atomic mass is 35.5. The maximum absolute atomic E-state index is 6.50. The van der Waals surface area contributed by atoms with Gasteiger partial charge in [-0.05, 0) is 49.8 Å². The molecule has 0 aliphatic carbocycles. The number of thiocarbonyl (C=S) groups is 1. The molecule has 1 saturated heterocycles. The van der Waals surface area contributed by atoms with Gasteiger partial charge in [-0.3, -0.25) is 0 Å². The lowest BCUT2D eigenvalue weighted by Gasteiger charge is -2.52. The van der Waals surface area contributed by atoms with Gasteiger partial charge in [0.1, 0.15) is 0 Å². The lowest BCUT2D eigenvalue weighted by atomic mass is 9.90. The number of nitrogens with zero attached hydrogens (tertiary/aromatic N) is 1. The van der Waals surface area contributed by atoms with Crippen molar-refractivity contribution in [3.05, 3.63) is 58.6 Å². The van der Waals surface area contributed by atoms with E-state index in [9.17, 15) is 0 Å². The van der Waals surface area contributed by atoms with Gasteiger partial charge in [-0.1, -0.05) is 35.9 Å². The van der Waals surface area contributed by atoms with Crippen LogP contribution in [0.5, 0.6) is 11.5 Å². The van der Waals surface area contributed by atoms with Crippen LogP contribution in [-0.2, 0) is 6.54 Å². The smallest absolute Gasteiger partial charge is 0.184 e. The number of nitrogens with one attached hydrogen (secondary N) is 1. The molecule has 1 N–H and O–H groups in total. The maximum Gasteiger partial charge on any atom is 0.184 e. The van der Waals surface area contributed by atoms with Gasteiger partial charge in [0, 0.05) is 23.6 Å². The first-order valence-electron chi connectivity index (χ1n) is 8.77. The summed E-state index contributed by atoms with van der Waals surface area (Å²) in [5.74, 6) is 1.59. The fourth-order valence-corrected chi connectivity index (χ4v) is 4.21. The molecule has 2 aliphatic rings. The molecule has 26 heavy (non-hydrogen) atoms. The third-order valence-corrected chi connectivity index (χ3v) is 5.55. The molecule has 1 fully saturated rings. The van der Waals surface area contributed by atoms with E-state index in [1.54, 1.807) is 0 Å². The Labute approximate surface area is 164 Å². The predicted molar refractivity (Wildman–Crippen MR) is 107 cm³/mol. The summed E-state index contributed by atoms with van der Waals surface area (Å²) in [6.07, 6.45) is 0.809. The van der Waals surface area contributed by atoms with Crippen LogP contribution in [0.25, 0.3) is 0 Å². The Balaban J connectivity index is 1.69. The van der Waals surface area contributed by atoms with Crippen LogP contribution in [0.1, 0.15) is 37.4 Å². The third-order valence-electron chi connectivity index (χ3n) is 4.96. The lowest BCUT2D eigenvalue weighted by Crippen LogP contribution is -2.64.